The lowest BCUT2D eigenvalue weighted by molar-refractivity contribution is -0.142. The highest BCUT2D eigenvalue weighted by atomic mass is 35.5. The topological polar surface area (TPSA) is 76.1 Å². The van der Waals surface area contributed by atoms with Gasteiger partial charge < -0.3 is 19.5 Å². The van der Waals surface area contributed by atoms with Gasteiger partial charge >= 0.3 is 5.97 Å². The number of ether oxygens (including phenoxy) is 2. The zero-order valence-corrected chi connectivity index (χ0v) is 15.1. The lowest BCUT2D eigenvalue weighted by Crippen LogP contribution is -2.41. The van der Waals surface area contributed by atoms with E-state index >= 15 is 0 Å². The standard InChI is InChI=1S/C18H21ClFNO5/c1-25-12-7-11(8-16(22)23)21(9-12)18(24)13-4-5-26-17(13)10-2-3-14(19)15(20)6-10/h2-3,6,11-13,17H,4-5,7-9H2,1H3,(H,22,23)/t11?,12?,13-,17+/m1/s1. The fourth-order valence-electron chi connectivity index (χ4n) is 3.78. The number of amides is 1. The Morgan fingerprint density at radius 3 is 2.88 bits per heavy atom. The molecule has 26 heavy (non-hydrogen) atoms. The molecule has 2 saturated heterocycles. The molecule has 2 aliphatic rings. The van der Waals surface area contributed by atoms with Gasteiger partial charge in [-0.15, -0.1) is 0 Å². The monoisotopic (exact) mass is 385 g/mol. The van der Waals surface area contributed by atoms with Crippen LogP contribution in [0.25, 0.3) is 0 Å². The van der Waals surface area contributed by atoms with Gasteiger partial charge in [-0.1, -0.05) is 17.7 Å². The molecule has 1 amide bonds. The van der Waals surface area contributed by atoms with E-state index in [2.05, 4.69) is 0 Å². The quantitative estimate of drug-likeness (QED) is 0.843. The predicted molar refractivity (Wildman–Crippen MR) is 91.4 cm³/mol. The van der Waals surface area contributed by atoms with E-state index in [-0.39, 0.29) is 23.5 Å². The number of carboxylic acids is 1. The zero-order valence-electron chi connectivity index (χ0n) is 14.4. The highest BCUT2D eigenvalue weighted by Crippen LogP contribution is 2.38. The number of benzene rings is 1. The second-order valence-electron chi connectivity index (χ2n) is 6.70. The first-order valence-corrected chi connectivity index (χ1v) is 8.90. The van der Waals surface area contributed by atoms with E-state index in [1.54, 1.807) is 18.1 Å². The Balaban J connectivity index is 1.80. The van der Waals surface area contributed by atoms with Crippen LogP contribution in [0.15, 0.2) is 18.2 Å². The van der Waals surface area contributed by atoms with Gasteiger partial charge in [0.1, 0.15) is 5.82 Å². The maximum Gasteiger partial charge on any atom is 0.305 e. The Bertz CT molecular complexity index is 700. The van der Waals surface area contributed by atoms with Crippen LogP contribution in [0.1, 0.15) is 30.9 Å². The number of methoxy groups -OCH3 is 1. The van der Waals surface area contributed by atoms with E-state index in [4.69, 9.17) is 26.2 Å². The minimum Gasteiger partial charge on any atom is -0.481 e. The Labute approximate surface area is 155 Å². The van der Waals surface area contributed by atoms with Crippen molar-refractivity contribution in [2.24, 2.45) is 5.92 Å². The largest absolute Gasteiger partial charge is 0.481 e. The lowest BCUT2D eigenvalue weighted by Gasteiger charge is -2.28. The molecule has 2 aliphatic heterocycles. The average molecular weight is 386 g/mol. The van der Waals surface area contributed by atoms with Crippen LogP contribution in [0.5, 0.6) is 0 Å². The van der Waals surface area contributed by atoms with E-state index in [1.165, 1.54) is 12.1 Å². The van der Waals surface area contributed by atoms with Crippen molar-refractivity contribution in [2.45, 2.75) is 37.5 Å². The van der Waals surface area contributed by atoms with Crippen LogP contribution in [0.4, 0.5) is 4.39 Å². The minimum atomic E-state index is -0.955. The van der Waals surface area contributed by atoms with Gasteiger partial charge in [-0.3, -0.25) is 9.59 Å². The number of likely N-dealkylation sites (tertiary alicyclic amines) is 1. The van der Waals surface area contributed by atoms with Crippen molar-refractivity contribution < 1.29 is 28.6 Å². The Hall–Kier alpha value is -1.70. The number of carboxylic acid groups (broad SMARTS) is 1. The number of halogens is 2. The molecule has 2 unspecified atom stereocenters. The first kappa shape index (κ1) is 19.1. The summed E-state index contributed by atoms with van der Waals surface area (Å²) < 4.78 is 24.8. The summed E-state index contributed by atoms with van der Waals surface area (Å²) in [6.07, 6.45) is 0.113. The third kappa shape index (κ3) is 3.84. The van der Waals surface area contributed by atoms with Gasteiger partial charge in [0.2, 0.25) is 5.91 Å². The van der Waals surface area contributed by atoms with Crippen molar-refractivity contribution in [3.8, 4) is 0 Å². The van der Waals surface area contributed by atoms with Crippen LogP contribution in [-0.4, -0.2) is 54.3 Å². The predicted octanol–water partition coefficient (Wildman–Crippen LogP) is 2.65. The molecule has 0 saturated carbocycles. The van der Waals surface area contributed by atoms with Gasteiger partial charge in [0.15, 0.2) is 0 Å². The van der Waals surface area contributed by atoms with Crippen molar-refractivity contribution in [3.05, 3.63) is 34.6 Å². The van der Waals surface area contributed by atoms with Crippen LogP contribution in [0.2, 0.25) is 5.02 Å². The molecule has 1 aromatic carbocycles. The van der Waals surface area contributed by atoms with Gasteiger partial charge in [0, 0.05) is 26.3 Å². The molecule has 0 spiro atoms. The number of rotatable bonds is 5. The zero-order chi connectivity index (χ0) is 18.8. The Morgan fingerprint density at radius 2 is 2.23 bits per heavy atom. The number of hydrogen-bond acceptors (Lipinski definition) is 4. The molecule has 0 aromatic heterocycles. The SMILES string of the molecule is COC1CC(CC(=O)O)N(C(=O)[C@@H]2CCO[C@H]2c2ccc(Cl)c(F)c2)C1. The van der Waals surface area contributed by atoms with E-state index in [1.807, 2.05) is 0 Å². The average Bonchev–Trinajstić information content (AvgIpc) is 3.23. The summed E-state index contributed by atoms with van der Waals surface area (Å²) in [6.45, 7) is 0.738. The van der Waals surface area contributed by atoms with E-state index in [9.17, 15) is 14.0 Å². The van der Waals surface area contributed by atoms with Gasteiger partial charge in [0.05, 0.1) is 29.6 Å². The van der Waals surface area contributed by atoms with Crippen LogP contribution in [0, 0.1) is 11.7 Å². The van der Waals surface area contributed by atoms with Crippen molar-refractivity contribution in [3.63, 3.8) is 0 Å². The van der Waals surface area contributed by atoms with Crippen molar-refractivity contribution in [1.29, 1.82) is 0 Å². The number of nitrogens with zero attached hydrogens (tertiary/aromatic N) is 1. The summed E-state index contributed by atoms with van der Waals surface area (Å²) in [4.78, 5) is 25.8. The molecule has 142 valence electrons. The highest BCUT2D eigenvalue weighted by Gasteiger charge is 2.43. The number of carbonyl (C=O) groups excluding carboxylic acids is 1. The second kappa shape index (κ2) is 7.90. The summed E-state index contributed by atoms with van der Waals surface area (Å²) in [5.41, 5.74) is 0.556. The van der Waals surface area contributed by atoms with Gasteiger partial charge in [-0.25, -0.2) is 4.39 Å². The highest BCUT2D eigenvalue weighted by molar-refractivity contribution is 6.30. The van der Waals surface area contributed by atoms with Gasteiger partial charge in [-0.2, -0.15) is 0 Å². The van der Waals surface area contributed by atoms with Gasteiger partial charge in [-0.05, 0) is 30.5 Å². The Morgan fingerprint density at radius 1 is 1.46 bits per heavy atom. The molecule has 1 aromatic rings. The maximum atomic E-state index is 13.8. The Kier molecular flexibility index (Phi) is 5.79. The number of hydrogen-bond donors (Lipinski definition) is 1. The molecule has 3 rings (SSSR count). The molecule has 0 aliphatic carbocycles. The molecule has 8 heteroatoms. The maximum absolute atomic E-state index is 13.8. The second-order valence-corrected chi connectivity index (χ2v) is 7.10. The van der Waals surface area contributed by atoms with Gasteiger partial charge in [0.25, 0.3) is 0 Å². The smallest absolute Gasteiger partial charge is 0.305 e. The fraction of sp³-hybridized carbons (Fsp3) is 0.556. The molecular weight excluding hydrogens is 365 g/mol. The number of aliphatic carboxylic acids is 1. The first-order valence-electron chi connectivity index (χ1n) is 8.52. The van der Waals surface area contributed by atoms with Crippen molar-refractivity contribution >= 4 is 23.5 Å². The van der Waals surface area contributed by atoms with Crippen molar-refractivity contribution in [1.82, 2.24) is 4.90 Å². The molecule has 0 radical (unpaired) electrons. The summed E-state index contributed by atoms with van der Waals surface area (Å²) in [6, 6.07) is 3.97. The minimum absolute atomic E-state index is 0.0126. The van der Waals surface area contributed by atoms with Crippen LogP contribution in [0.3, 0.4) is 0 Å². The normalized spacial score (nSPS) is 28.5. The molecule has 4 atom stereocenters. The molecule has 0 bridgehead atoms. The molecule has 2 heterocycles. The molecule has 6 nitrogen and oxygen atoms in total. The summed E-state index contributed by atoms with van der Waals surface area (Å²) in [5.74, 6) is -2.17. The molecule has 2 fully saturated rings. The molecular formula is C18H21ClFNO5. The van der Waals surface area contributed by atoms with Crippen LogP contribution < -0.4 is 0 Å². The van der Waals surface area contributed by atoms with E-state index < -0.39 is 29.9 Å². The summed E-state index contributed by atoms with van der Waals surface area (Å²) >= 11 is 5.73. The fourth-order valence-corrected chi connectivity index (χ4v) is 3.90. The van der Waals surface area contributed by atoms with Crippen LogP contribution >= 0.6 is 11.6 Å². The third-order valence-corrected chi connectivity index (χ3v) is 5.39. The van der Waals surface area contributed by atoms with Crippen molar-refractivity contribution in [2.75, 3.05) is 20.3 Å². The number of carbonyl (C=O) groups is 2. The lowest BCUT2D eigenvalue weighted by atomic mass is 9.93. The summed E-state index contributed by atoms with van der Waals surface area (Å²) in [5, 5.41) is 9.14. The van der Waals surface area contributed by atoms with E-state index in [0.717, 1.165) is 0 Å². The van der Waals surface area contributed by atoms with Crippen LogP contribution in [-0.2, 0) is 19.1 Å². The third-order valence-electron chi connectivity index (χ3n) is 5.08. The molecule has 1 N–H and O–H groups in total. The first-order chi connectivity index (χ1) is 12.4. The van der Waals surface area contributed by atoms with E-state index in [0.29, 0.717) is 31.6 Å². The summed E-state index contributed by atoms with van der Waals surface area (Å²) in [7, 11) is 1.55.